The number of nitrogens with zero attached hydrogens (tertiary/aromatic N) is 1. The lowest BCUT2D eigenvalue weighted by atomic mass is 10.2. The Morgan fingerprint density at radius 2 is 2.10 bits per heavy atom. The maximum atomic E-state index is 11.8. The summed E-state index contributed by atoms with van der Waals surface area (Å²) in [6.07, 6.45) is 3.70. The molecule has 1 amide bonds. The fourth-order valence-corrected chi connectivity index (χ4v) is 2.20. The molecule has 2 rings (SSSR count). The normalized spacial score (nSPS) is 10.2. The molecule has 0 bridgehead atoms. The Morgan fingerprint density at radius 1 is 1.24 bits per heavy atom. The van der Waals surface area contributed by atoms with E-state index in [4.69, 9.17) is 0 Å². The fraction of sp³-hybridized carbons (Fsp3) is 0.250. The molecule has 2 N–H and O–H groups in total. The van der Waals surface area contributed by atoms with Gasteiger partial charge in [0.1, 0.15) is 5.69 Å². The third-order valence-corrected chi connectivity index (χ3v) is 3.42. The molecule has 5 heteroatoms. The minimum absolute atomic E-state index is 0.127. The van der Waals surface area contributed by atoms with Gasteiger partial charge in [0, 0.05) is 16.7 Å². The monoisotopic (exact) mass is 347 g/mol. The highest BCUT2D eigenvalue weighted by Crippen LogP contribution is 2.19. The van der Waals surface area contributed by atoms with Crippen molar-refractivity contribution in [3.63, 3.8) is 0 Å². The first-order valence-corrected chi connectivity index (χ1v) is 7.75. The van der Waals surface area contributed by atoms with Crippen LogP contribution in [0.2, 0.25) is 0 Å². The van der Waals surface area contributed by atoms with Crippen molar-refractivity contribution in [1.82, 2.24) is 10.3 Å². The summed E-state index contributed by atoms with van der Waals surface area (Å²) in [7, 11) is 0. The molecule has 0 spiro atoms. The number of amides is 1. The molecule has 0 atom stereocenters. The van der Waals surface area contributed by atoms with Crippen LogP contribution in [0.1, 0.15) is 30.3 Å². The van der Waals surface area contributed by atoms with E-state index in [9.17, 15) is 4.79 Å². The molecule has 0 aliphatic rings. The molecule has 110 valence electrons. The zero-order valence-corrected chi connectivity index (χ0v) is 13.5. The number of aromatic nitrogens is 1. The summed E-state index contributed by atoms with van der Waals surface area (Å²) in [6, 6.07) is 11.4. The van der Waals surface area contributed by atoms with E-state index in [1.165, 1.54) is 0 Å². The van der Waals surface area contributed by atoms with Crippen LogP contribution in [0.4, 0.5) is 11.4 Å². The number of benzene rings is 1. The summed E-state index contributed by atoms with van der Waals surface area (Å²) < 4.78 is 1.01. The number of hydrogen-bond donors (Lipinski definition) is 2. The van der Waals surface area contributed by atoms with E-state index in [1.807, 2.05) is 30.3 Å². The van der Waals surface area contributed by atoms with Crippen LogP contribution in [0.5, 0.6) is 0 Å². The molecule has 0 saturated heterocycles. The zero-order valence-electron chi connectivity index (χ0n) is 11.9. The minimum Gasteiger partial charge on any atom is -0.354 e. The molecular weight excluding hydrogens is 330 g/mol. The van der Waals surface area contributed by atoms with E-state index in [1.54, 1.807) is 12.3 Å². The SMILES string of the molecule is CCCCNC(=O)c1ccc(Nc2cccc(Br)c2)cn1. The van der Waals surface area contributed by atoms with Gasteiger partial charge in [0.25, 0.3) is 5.91 Å². The molecule has 0 aliphatic carbocycles. The molecule has 0 radical (unpaired) electrons. The van der Waals surface area contributed by atoms with Crippen molar-refractivity contribution < 1.29 is 4.79 Å². The van der Waals surface area contributed by atoms with Gasteiger partial charge in [-0.25, -0.2) is 4.98 Å². The molecule has 1 aromatic heterocycles. The van der Waals surface area contributed by atoms with Crippen molar-refractivity contribution >= 4 is 33.2 Å². The quantitative estimate of drug-likeness (QED) is 0.772. The highest BCUT2D eigenvalue weighted by atomic mass is 79.9. The predicted molar refractivity (Wildman–Crippen MR) is 88.9 cm³/mol. The first-order valence-electron chi connectivity index (χ1n) is 6.96. The van der Waals surface area contributed by atoms with Crippen LogP contribution in [0, 0.1) is 0 Å². The van der Waals surface area contributed by atoms with Crippen molar-refractivity contribution in [2.45, 2.75) is 19.8 Å². The number of rotatable bonds is 6. The summed E-state index contributed by atoms with van der Waals surface area (Å²) >= 11 is 3.43. The second-order valence-electron chi connectivity index (χ2n) is 4.68. The van der Waals surface area contributed by atoms with E-state index in [0.717, 1.165) is 28.7 Å². The number of hydrogen-bond acceptors (Lipinski definition) is 3. The lowest BCUT2D eigenvalue weighted by molar-refractivity contribution is 0.0948. The number of halogens is 1. The second-order valence-corrected chi connectivity index (χ2v) is 5.59. The van der Waals surface area contributed by atoms with Crippen LogP contribution in [0.25, 0.3) is 0 Å². The summed E-state index contributed by atoms with van der Waals surface area (Å²) in [4.78, 5) is 16.0. The van der Waals surface area contributed by atoms with E-state index in [0.29, 0.717) is 12.2 Å². The Kier molecular flexibility index (Phi) is 5.75. The van der Waals surface area contributed by atoms with Crippen molar-refractivity contribution in [3.05, 3.63) is 52.8 Å². The Labute approximate surface area is 133 Å². The third kappa shape index (κ3) is 4.86. The summed E-state index contributed by atoms with van der Waals surface area (Å²) in [6.45, 7) is 2.78. The Balaban J connectivity index is 1.97. The van der Waals surface area contributed by atoms with Crippen LogP contribution >= 0.6 is 15.9 Å². The van der Waals surface area contributed by atoms with Crippen LogP contribution in [0.3, 0.4) is 0 Å². The summed E-state index contributed by atoms with van der Waals surface area (Å²) in [5.41, 5.74) is 2.25. The largest absolute Gasteiger partial charge is 0.354 e. The van der Waals surface area contributed by atoms with Gasteiger partial charge in [0.15, 0.2) is 0 Å². The van der Waals surface area contributed by atoms with Gasteiger partial charge in [-0.05, 0) is 36.8 Å². The van der Waals surface area contributed by atoms with Gasteiger partial charge in [-0.2, -0.15) is 0 Å². The van der Waals surface area contributed by atoms with Crippen molar-refractivity contribution in [2.24, 2.45) is 0 Å². The van der Waals surface area contributed by atoms with Crippen molar-refractivity contribution in [3.8, 4) is 0 Å². The molecule has 0 unspecified atom stereocenters. The molecule has 4 nitrogen and oxygen atoms in total. The average molecular weight is 348 g/mol. The smallest absolute Gasteiger partial charge is 0.269 e. The highest BCUT2D eigenvalue weighted by Gasteiger charge is 2.06. The molecule has 0 aliphatic heterocycles. The lowest BCUT2D eigenvalue weighted by Gasteiger charge is -2.07. The molecular formula is C16H18BrN3O. The molecule has 0 fully saturated rings. The van der Waals surface area contributed by atoms with Crippen LogP contribution < -0.4 is 10.6 Å². The first-order chi connectivity index (χ1) is 10.2. The zero-order chi connectivity index (χ0) is 15.1. The number of nitrogens with one attached hydrogen (secondary N) is 2. The van der Waals surface area contributed by atoms with E-state index >= 15 is 0 Å². The lowest BCUT2D eigenvalue weighted by Crippen LogP contribution is -2.25. The maximum Gasteiger partial charge on any atom is 0.269 e. The molecule has 1 aromatic carbocycles. The topological polar surface area (TPSA) is 54.0 Å². The predicted octanol–water partition coefficient (Wildman–Crippen LogP) is 4.12. The van der Waals surface area contributed by atoms with Gasteiger partial charge in [0.2, 0.25) is 0 Å². The molecule has 0 saturated carbocycles. The second kappa shape index (κ2) is 7.78. The maximum absolute atomic E-state index is 11.8. The van der Waals surface area contributed by atoms with Crippen LogP contribution in [0.15, 0.2) is 47.1 Å². The number of carbonyl (C=O) groups is 1. The van der Waals surface area contributed by atoms with E-state index in [2.05, 4.69) is 38.5 Å². The first kappa shape index (κ1) is 15.5. The Bertz CT molecular complexity index is 599. The molecule has 1 heterocycles. The standard InChI is InChI=1S/C16H18BrN3O/c1-2-3-9-18-16(21)15-8-7-14(11-19-15)20-13-6-4-5-12(17)10-13/h4-8,10-11,20H,2-3,9H2,1H3,(H,18,21). The summed E-state index contributed by atoms with van der Waals surface area (Å²) in [5.74, 6) is -0.127. The fourth-order valence-electron chi connectivity index (χ4n) is 1.80. The van der Waals surface area contributed by atoms with Crippen LogP contribution in [-0.2, 0) is 0 Å². The van der Waals surface area contributed by atoms with Gasteiger partial charge in [-0.1, -0.05) is 35.3 Å². The molecule has 2 aromatic rings. The highest BCUT2D eigenvalue weighted by molar-refractivity contribution is 9.10. The van der Waals surface area contributed by atoms with E-state index < -0.39 is 0 Å². The van der Waals surface area contributed by atoms with Gasteiger partial charge in [0.05, 0.1) is 11.9 Å². The number of anilines is 2. The number of pyridine rings is 1. The van der Waals surface area contributed by atoms with Crippen LogP contribution in [-0.4, -0.2) is 17.4 Å². The van der Waals surface area contributed by atoms with Gasteiger partial charge >= 0.3 is 0 Å². The Morgan fingerprint density at radius 3 is 2.76 bits per heavy atom. The minimum atomic E-state index is -0.127. The molecule has 21 heavy (non-hydrogen) atoms. The van der Waals surface area contributed by atoms with Gasteiger partial charge < -0.3 is 10.6 Å². The van der Waals surface area contributed by atoms with Crippen molar-refractivity contribution in [1.29, 1.82) is 0 Å². The van der Waals surface area contributed by atoms with Gasteiger partial charge in [-0.3, -0.25) is 4.79 Å². The van der Waals surface area contributed by atoms with E-state index in [-0.39, 0.29) is 5.91 Å². The third-order valence-electron chi connectivity index (χ3n) is 2.93. The Hall–Kier alpha value is -1.88. The van der Waals surface area contributed by atoms with Crippen molar-refractivity contribution in [2.75, 3.05) is 11.9 Å². The average Bonchev–Trinajstić information content (AvgIpc) is 2.48. The van der Waals surface area contributed by atoms with Gasteiger partial charge in [-0.15, -0.1) is 0 Å². The number of carbonyl (C=O) groups excluding carboxylic acids is 1. The summed E-state index contributed by atoms with van der Waals surface area (Å²) in [5, 5.41) is 6.09. The number of unbranched alkanes of at least 4 members (excludes halogenated alkanes) is 1.